The first-order chi connectivity index (χ1) is 8.67. The first kappa shape index (κ1) is 15.1. The van der Waals surface area contributed by atoms with Crippen LogP contribution < -0.4 is 5.48 Å². The van der Waals surface area contributed by atoms with E-state index >= 15 is 0 Å². The molecule has 0 unspecified atom stereocenters. The molecule has 1 rings (SSSR count). The Morgan fingerprint density at radius 1 is 1.72 bits per heavy atom. The second kappa shape index (κ2) is 8.20. The molecule has 1 heterocycles. The fraction of sp³-hybridized carbons (Fsp3) is 0.500. The van der Waals surface area contributed by atoms with Gasteiger partial charge in [-0.25, -0.2) is 4.98 Å². The second-order valence-electron chi connectivity index (χ2n) is 3.17. The third-order valence-corrected chi connectivity index (χ3v) is 3.82. The van der Waals surface area contributed by atoms with Crippen LogP contribution in [0.25, 0.3) is 0 Å². The molecular weight excluding hydrogens is 274 g/mol. The van der Waals surface area contributed by atoms with E-state index in [-0.39, 0.29) is 6.42 Å². The summed E-state index contributed by atoms with van der Waals surface area (Å²) in [5, 5.41) is 12.1. The van der Waals surface area contributed by atoms with Crippen molar-refractivity contribution in [1.82, 2.24) is 10.5 Å². The van der Waals surface area contributed by atoms with Gasteiger partial charge >= 0.3 is 5.97 Å². The molecule has 0 amide bonds. The van der Waals surface area contributed by atoms with Gasteiger partial charge in [-0.1, -0.05) is 0 Å². The van der Waals surface area contributed by atoms with Crippen LogP contribution in [0.1, 0.15) is 17.1 Å². The summed E-state index contributed by atoms with van der Waals surface area (Å²) in [6, 6.07) is 0. The molecule has 0 saturated heterocycles. The summed E-state index contributed by atoms with van der Waals surface area (Å²) in [4.78, 5) is 23.7. The van der Waals surface area contributed by atoms with Crippen LogP contribution >= 0.6 is 23.1 Å². The van der Waals surface area contributed by atoms with Crippen LogP contribution in [0.3, 0.4) is 0 Å². The number of aliphatic carboxylic acids is 1. The monoisotopic (exact) mass is 289 g/mol. The van der Waals surface area contributed by atoms with Crippen molar-refractivity contribution in [3.05, 3.63) is 16.1 Å². The lowest BCUT2D eigenvalue weighted by molar-refractivity contribution is -0.136. The van der Waals surface area contributed by atoms with Gasteiger partial charge in [-0.05, 0) is 0 Å². The van der Waals surface area contributed by atoms with Gasteiger partial charge in [-0.3, -0.25) is 9.79 Å². The number of nitrogens with zero attached hydrogens (tertiary/aromatic N) is 2. The summed E-state index contributed by atoms with van der Waals surface area (Å²) in [5.74, 6) is -0.313. The predicted octanol–water partition coefficient (Wildman–Crippen LogP) is 1.38. The number of carbonyl (C=O) groups is 1. The minimum atomic E-state index is -0.804. The lowest BCUT2D eigenvalue weighted by Gasteiger charge is -2.00. The molecule has 0 fully saturated rings. The van der Waals surface area contributed by atoms with Crippen molar-refractivity contribution in [3.8, 4) is 0 Å². The third-order valence-electron chi connectivity index (χ3n) is 1.90. The summed E-state index contributed by atoms with van der Waals surface area (Å²) < 4.78 is 0. The maximum Gasteiger partial charge on any atom is 0.304 e. The zero-order chi connectivity index (χ0) is 13.4. The first-order valence-corrected chi connectivity index (χ1v) is 7.06. The topological polar surface area (TPSA) is 83.8 Å². The Morgan fingerprint density at radius 2 is 2.50 bits per heavy atom. The van der Waals surface area contributed by atoms with Gasteiger partial charge in [0.2, 0.25) is 0 Å². The van der Waals surface area contributed by atoms with Crippen molar-refractivity contribution in [1.29, 1.82) is 0 Å². The van der Waals surface area contributed by atoms with Crippen molar-refractivity contribution in [2.24, 2.45) is 4.99 Å². The van der Waals surface area contributed by atoms with Crippen LogP contribution in [0.4, 0.5) is 0 Å². The zero-order valence-electron chi connectivity index (χ0n) is 10.2. The number of carboxylic acid groups (broad SMARTS) is 1. The third kappa shape index (κ3) is 5.13. The highest BCUT2D eigenvalue weighted by atomic mass is 32.2. The maximum absolute atomic E-state index is 10.4. The average molecular weight is 289 g/mol. The smallest absolute Gasteiger partial charge is 0.304 e. The van der Waals surface area contributed by atoms with Crippen LogP contribution in [-0.2, 0) is 16.2 Å². The molecule has 0 saturated carbocycles. The van der Waals surface area contributed by atoms with E-state index in [0.717, 1.165) is 15.7 Å². The molecule has 100 valence electrons. The molecule has 0 bridgehead atoms. The fourth-order valence-electron chi connectivity index (χ4n) is 1.11. The van der Waals surface area contributed by atoms with Gasteiger partial charge < -0.3 is 9.94 Å². The van der Waals surface area contributed by atoms with E-state index in [9.17, 15) is 4.79 Å². The van der Waals surface area contributed by atoms with Crippen molar-refractivity contribution >= 4 is 34.1 Å². The van der Waals surface area contributed by atoms with Crippen molar-refractivity contribution in [3.63, 3.8) is 0 Å². The Labute approximate surface area is 113 Å². The van der Waals surface area contributed by atoms with Gasteiger partial charge in [0.25, 0.3) is 0 Å². The average Bonchev–Trinajstić information content (AvgIpc) is 2.80. The SMILES string of the molecule is C/N=C(\SCCC(=O)O)c1csc(CNOC)n1. The Hall–Kier alpha value is -0.960. The molecule has 2 N–H and O–H groups in total. The van der Waals surface area contributed by atoms with E-state index in [2.05, 4.69) is 15.5 Å². The standard InChI is InChI=1S/C10H15N3O3S2/c1-11-10(17-4-3-9(14)15)7-6-18-8(13-7)5-12-16-2/h6,12H,3-5H2,1-2H3,(H,14,15)/b11-10-. The lowest BCUT2D eigenvalue weighted by Crippen LogP contribution is -2.10. The van der Waals surface area contributed by atoms with E-state index < -0.39 is 5.97 Å². The predicted molar refractivity (Wildman–Crippen MR) is 73.1 cm³/mol. The summed E-state index contributed by atoms with van der Waals surface area (Å²) in [6.07, 6.45) is 0.117. The molecular formula is C10H15N3O3S2. The Bertz CT molecular complexity index is 420. The number of thiazole rings is 1. The summed E-state index contributed by atoms with van der Waals surface area (Å²) in [6.45, 7) is 0.540. The largest absolute Gasteiger partial charge is 0.481 e. The molecule has 0 aliphatic carbocycles. The van der Waals surface area contributed by atoms with Crippen LogP contribution in [0.2, 0.25) is 0 Å². The van der Waals surface area contributed by atoms with Gasteiger partial charge in [0.15, 0.2) is 0 Å². The van der Waals surface area contributed by atoms with Crippen LogP contribution in [0.5, 0.6) is 0 Å². The maximum atomic E-state index is 10.4. The van der Waals surface area contributed by atoms with E-state index in [1.807, 2.05) is 5.38 Å². The number of nitrogens with one attached hydrogen (secondary N) is 1. The molecule has 18 heavy (non-hydrogen) atoms. The van der Waals surface area contributed by atoms with Crippen molar-refractivity contribution in [2.45, 2.75) is 13.0 Å². The highest BCUT2D eigenvalue weighted by Gasteiger charge is 2.09. The lowest BCUT2D eigenvalue weighted by atomic mass is 10.5. The minimum Gasteiger partial charge on any atom is -0.481 e. The molecule has 0 aliphatic rings. The number of hydrogen-bond donors (Lipinski definition) is 2. The molecule has 6 nitrogen and oxygen atoms in total. The molecule has 0 atom stereocenters. The number of carboxylic acids is 1. The van der Waals surface area contributed by atoms with E-state index in [0.29, 0.717) is 12.3 Å². The molecule has 0 spiro atoms. The fourth-order valence-corrected chi connectivity index (χ4v) is 2.74. The highest BCUT2D eigenvalue weighted by molar-refractivity contribution is 8.14. The van der Waals surface area contributed by atoms with Gasteiger partial charge in [0, 0.05) is 18.2 Å². The Kier molecular flexibility index (Phi) is 6.88. The first-order valence-electron chi connectivity index (χ1n) is 5.19. The zero-order valence-corrected chi connectivity index (χ0v) is 11.8. The number of hydroxylamine groups is 1. The van der Waals surface area contributed by atoms with E-state index in [4.69, 9.17) is 9.94 Å². The molecule has 0 radical (unpaired) electrons. The van der Waals surface area contributed by atoms with Crippen molar-refractivity contribution in [2.75, 3.05) is 19.9 Å². The van der Waals surface area contributed by atoms with Gasteiger partial charge in [0.05, 0.1) is 20.1 Å². The number of thioether (sulfide) groups is 1. The van der Waals surface area contributed by atoms with E-state index in [1.54, 1.807) is 14.2 Å². The molecule has 1 aromatic rings. The van der Waals surface area contributed by atoms with Gasteiger partial charge in [-0.15, -0.1) is 23.1 Å². The minimum absolute atomic E-state index is 0.117. The molecule has 0 aliphatic heterocycles. The molecule has 1 aromatic heterocycles. The molecule has 0 aromatic carbocycles. The van der Waals surface area contributed by atoms with Gasteiger partial charge in [0.1, 0.15) is 15.7 Å². The summed E-state index contributed by atoms with van der Waals surface area (Å²) in [7, 11) is 3.23. The van der Waals surface area contributed by atoms with E-state index in [1.165, 1.54) is 23.1 Å². The Morgan fingerprint density at radius 3 is 3.11 bits per heavy atom. The van der Waals surface area contributed by atoms with Gasteiger partial charge in [-0.2, -0.15) is 5.48 Å². The second-order valence-corrected chi connectivity index (χ2v) is 5.20. The van der Waals surface area contributed by atoms with Crippen molar-refractivity contribution < 1.29 is 14.7 Å². The number of aromatic nitrogens is 1. The summed E-state index contributed by atoms with van der Waals surface area (Å²) in [5.41, 5.74) is 3.50. The number of hydrogen-bond acceptors (Lipinski definition) is 7. The highest BCUT2D eigenvalue weighted by Crippen LogP contribution is 2.17. The molecule has 8 heteroatoms. The number of aliphatic imine (C=N–C) groups is 1. The van der Waals surface area contributed by atoms with Crippen LogP contribution in [0, 0.1) is 0 Å². The summed E-state index contributed by atoms with van der Waals surface area (Å²) >= 11 is 2.91. The number of rotatable bonds is 7. The normalized spacial score (nSPS) is 11.8. The Balaban J connectivity index is 2.54. The van der Waals surface area contributed by atoms with Crippen LogP contribution in [0.15, 0.2) is 10.4 Å². The van der Waals surface area contributed by atoms with Crippen LogP contribution in [-0.4, -0.2) is 41.0 Å². The quantitative estimate of drug-likeness (QED) is 0.448.